The quantitative estimate of drug-likeness (QED) is 0.457. The van der Waals surface area contributed by atoms with Crippen molar-refractivity contribution in [3.8, 4) is 0 Å². The van der Waals surface area contributed by atoms with E-state index >= 15 is 0 Å². The molecule has 2 fully saturated rings. The number of nitrogens with zero attached hydrogens (tertiary/aromatic N) is 3. The Labute approximate surface area is 203 Å². The van der Waals surface area contributed by atoms with Gasteiger partial charge in [-0.2, -0.15) is 0 Å². The number of hydrogen-bond acceptors (Lipinski definition) is 6. The molecule has 1 heterocycles. The Morgan fingerprint density at radius 1 is 1.06 bits per heavy atom. The topological polar surface area (TPSA) is 108 Å². The van der Waals surface area contributed by atoms with E-state index in [2.05, 4.69) is 10.6 Å². The van der Waals surface area contributed by atoms with E-state index in [0.29, 0.717) is 48.1 Å². The van der Waals surface area contributed by atoms with Gasteiger partial charge in [-0.1, -0.05) is 36.6 Å². The van der Waals surface area contributed by atoms with E-state index in [-0.39, 0.29) is 30.1 Å². The van der Waals surface area contributed by atoms with Gasteiger partial charge in [-0.05, 0) is 37.1 Å². The molecule has 1 aliphatic heterocycles. The summed E-state index contributed by atoms with van der Waals surface area (Å²) in [4.78, 5) is 40.4. The predicted octanol–water partition coefficient (Wildman–Crippen LogP) is 3.68. The number of anilines is 2. The number of rotatable bonds is 7. The monoisotopic (exact) mass is 485 g/mol. The lowest BCUT2D eigenvalue weighted by molar-refractivity contribution is -0.384. The van der Waals surface area contributed by atoms with Gasteiger partial charge in [0, 0.05) is 43.3 Å². The Balaban J connectivity index is 1.32. The van der Waals surface area contributed by atoms with Gasteiger partial charge < -0.3 is 15.5 Å². The lowest BCUT2D eigenvalue weighted by Gasteiger charge is -2.35. The summed E-state index contributed by atoms with van der Waals surface area (Å²) in [5, 5.41) is 17.7. The van der Waals surface area contributed by atoms with Gasteiger partial charge in [-0.25, -0.2) is 0 Å². The van der Waals surface area contributed by atoms with Crippen LogP contribution in [0, 0.1) is 10.1 Å². The van der Waals surface area contributed by atoms with Crippen LogP contribution in [0.4, 0.5) is 17.1 Å². The molecule has 2 aromatic rings. The molecule has 1 aliphatic carbocycles. The van der Waals surface area contributed by atoms with Crippen molar-refractivity contribution in [2.24, 2.45) is 0 Å². The van der Waals surface area contributed by atoms with Crippen molar-refractivity contribution in [1.29, 1.82) is 0 Å². The number of carbonyl (C=O) groups excluding carboxylic acids is 2. The molecule has 2 amide bonds. The predicted molar refractivity (Wildman–Crippen MR) is 132 cm³/mol. The molecule has 1 saturated heterocycles. The van der Waals surface area contributed by atoms with E-state index in [9.17, 15) is 19.7 Å². The van der Waals surface area contributed by atoms with Crippen molar-refractivity contribution in [2.45, 2.75) is 31.7 Å². The highest BCUT2D eigenvalue weighted by atomic mass is 35.5. The van der Waals surface area contributed by atoms with E-state index in [0.717, 1.165) is 25.7 Å². The number of piperazine rings is 1. The number of para-hydroxylation sites is 1. The van der Waals surface area contributed by atoms with Crippen LogP contribution < -0.4 is 15.5 Å². The molecule has 1 saturated carbocycles. The molecule has 2 aromatic carbocycles. The molecule has 0 aromatic heterocycles. The van der Waals surface area contributed by atoms with Gasteiger partial charge in [0.1, 0.15) is 5.69 Å². The maximum absolute atomic E-state index is 12.7. The van der Waals surface area contributed by atoms with Crippen molar-refractivity contribution in [3.05, 3.63) is 63.2 Å². The van der Waals surface area contributed by atoms with Gasteiger partial charge in [0.25, 0.3) is 11.6 Å². The highest BCUT2D eigenvalue weighted by Gasteiger charge is 2.25. The molecular weight excluding hydrogens is 458 g/mol. The molecule has 0 unspecified atom stereocenters. The minimum absolute atomic E-state index is 0.0221. The van der Waals surface area contributed by atoms with Crippen LogP contribution in [-0.2, 0) is 4.79 Å². The van der Waals surface area contributed by atoms with E-state index in [1.165, 1.54) is 6.07 Å². The Morgan fingerprint density at radius 2 is 1.76 bits per heavy atom. The highest BCUT2D eigenvalue weighted by Crippen LogP contribution is 2.31. The second-order valence-electron chi connectivity index (χ2n) is 8.70. The van der Waals surface area contributed by atoms with Gasteiger partial charge in [-0.15, -0.1) is 0 Å². The van der Waals surface area contributed by atoms with Gasteiger partial charge >= 0.3 is 0 Å². The normalized spacial score (nSPS) is 16.9. The van der Waals surface area contributed by atoms with Crippen LogP contribution in [0.25, 0.3) is 0 Å². The van der Waals surface area contributed by atoms with Crippen molar-refractivity contribution < 1.29 is 14.5 Å². The minimum Gasteiger partial charge on any atom is -0.363 e. The number of amides is 2. The zero-order valence-electron chi connectivity index (χ0n) is 18.8. The third-order valence-corrected chi connectivity index (χ3v) is 6.59. The first-order chi connectivity index (χ1) is 16.4. The fourth-order valence-corrected chi connectivity index (χ4v) is 4.74. The SMILES string of the molecule is O=C(CN1CCN(c2ccc(Cl)cc2[N+](=O)[O-])CC1)Nc1ccccc1C(=O)NC1CCCC1. The average molecular weight is 486 g/mol. The first-order valence-corrected chi connectivity index (χ1v) is 11.9. The molecule has 9 nitrogen and oxygen atoms in total. The maximum Gasteiger partial charge on any atom is 0.294 e. The Morgan fingerprint density at radius 3 is 2.47 bits per heavy atom. The number of halogens is 1. The first-order valence-electron chi connectivity index (χ1n) is 11.5. The summed E-state index contributed by atoms with van der Waals surface area (Å²) in [6, 6.07) is 11.9. The van der Waals surface area contributed by atoms with Crippen molar-refractivity contribution in [1.82, 2.24) is 10.2 Å². The second kappa shape index (κ2) is 10.8. The molecule has 10 heteroatoms. The molecule has 0 spiro atoms. The summed E-state index contributed by atoms with van der Waals surface area (Å²) in [6.45, 7) is 2.44. The Bertz CT molecular complexity index is 1070. The summed E-state index contributed by atoms with van der Waals surface area (Å²) in [6.07, 6.45) is 4.24. The summed E-state index contributed by atoms with van der Waals surface area (Å²) in [5.74, 6) is -0.368. The van der Waals surface area contributed by atoms with Crippen LogP contribution in [-0.4, -0.2) is 60.4 Å². The smallest absolute Gasteiger partial charge is 0.294 e. The standard InChI is InChI=1S/C24H28ClN5O4/c25-17-9-10-21(22(15-17)30(33)34)29-13-11-28(12-14-29)16-23(31)27-20-8-4-3-7-19(20)24(32)26-18-5-1-2-6-18/h3-4,7-10,15,18H,1-2,5-6,11-14,16H2,(H,26,32)(H,27,31). The first kappa shape index (κ1) is 24.0. The van der Waals surface area contributed by atoms with Crippen LogP contribution in [0.1, 0.15) is 36.0 Å². The van der Waals surface area contributed by atoms with Gasteiger partial charge in [0.05, 0.1) is 22.7 Å². The number of nitro benzene ring substituents is 1. The molecule has 4 rings (SSSR count). The highest BCUT2D eigenvalue weighted by molar-refractivity contribution is 6.30. The molecule has 180 valence electrons. The van der Waals surface area contributed by atoms with Crippen LogP contribution in [0.2, 0.25) is 5.02 Å². The largest absolute Gasteiger partial charge is 0.363 e. The third kappa shape index (κ3) is 5.84. The number of hydrogen-bond donors (Lipinski definition) is 2. The minimum atomic E-state index is -0.429. The van der Waals surface area contributed by atoms with Crippen LogP contribution in [0.5, 0.6) is 0 Å². The fourth-order valence-electron chi connectivity index (χ4n) is 4.57. The van der Waals surface area contributed by atoms with E-state index in [4.69, 9.17) is 11.6 Å². The molecule has 34 heavy (non-hydrogen) atoms. The third-order valence-electron chi connectivity index (χ3n) is 6.35. The van der Waals surface area contributed by atoms with Gasteiger partial charge in [0.15, 0.2) is 0 Å². The number of nitro groups is 1. The molecule has 0 radical (unpaired) electrons. The molecule has 2 aliphatic rings. The molecule has 2 N–H and O–H groups in total. The van der Waals surface area contributed by atoms with Crippen molar-refractivity contribution >= 4 is 40.5 Å². The summed E-state index contributed by atoms with van der Waals surface area (Å²) in [7, 11) is 0. The van der Waals surface area contributed by atoms with E-state index < -0.39 is 4.92 Å². The molecule has 0 bridgehead atoms. The lowest BCUT2D eigenvalue weighted by Crippen LogP contribution is -2.48. The van der Waals surface area contributed by atoms with Crippen molar-refractivity contribution in [2.75, 3.05) is 42.9 Å². The summed E-state index contributed by atoms with van der Waals surface area (Å²) < 4.78 is 0. The zero-order chi connectivity index (χ0) is 24.1. The second-order valence-corrected chi connectivity index (χ2v) is 9.14. The Kier molecular flexibility index (Phi) is 7.64. The van der Waals surface area contributed by atoms with Gasteiger partial charge in [-0.3, -0.25) is 24.6 Å². The zero-order valence-corrected chi connectivity index (χ0v) is 19.6. The van der Waals surface area contributed by atoms with E-state index in [1.54, 1.807) is 36.4 Å². The number of benzene rings is 2. The maximum atomic E-state index is 12.7. The average Bonchev–Trinajstić information content (AvgIpc) is 3.33. The number of carbonyl (C=O) groups is 2. The Hall–Kier alpha value is -3.17. The van der Waals surface area contributed by atoms with Crippen LogP contribution >= 0.6 is 11.6 Å². The fraction of sp³-hybridized carbons (Fsp3) is 0.417. The van der Waals surface area contributed by atoms with Crippen LogP contribution in [0.3, 0.4) is 0 Å². The molecular formula is C24H28ClN5O4. The van der Waals surface area contributed by atoms with Crippen LogP contribution in [0.15, 0.2) is 42.5 Å². The summed E-state index contributed by atoms with van der Waals surface area (Å²) >= 11 is 5.92. The molecule has 0 atom stereocenters. The lowest BCUT2D eigenvalue weighted by atomic mass is 10.1. The van der Waals surface area contributed by atoms with Gasteiger partial charge in [0.2, 0.25) is 5.91 Å². The van der Waals surface area contributed by atoms with E-state index in [1.807, 2.05) is 9.80 Å². The number of nitrogens with one attached hydrogen (secondary N) is 2. The summed E-state index contributed by atoms with van der Waals surface area (Å²) in [5.41, 5.74) is 1.47. The van der Waals surface area contributed by atoms with Crippen molar-refractivity contribution in [3.63, 3.8) is 0 Å².